The number of hydrogen-bond acceptors (Lipinski definition) is 1. The van der Waals surface area contributed by atoms with Crippen LogP contribution in [0.15, 0.2) is 42.5 Å². The van der Waals surface area contributed by atoms with Crippen LogP contribution in [-0.2, 0) is 0 Å². The summed E-state index contributed by atoms with van der Waals surface area (Å²) in [4.78, 5) is 0. The van der Waals surface area contributed by atoms with E-state index in [1.54, 1.807) is 6.07 Å². The molecule has 0 aliphatic carbocycles. The number of hydrogen-bond donors (Lipinski definition) is 1. The zero-order valence-electron chi connectivity index (χ0n) is 11.7. The van der Waals surface area contributed by atoms with Gasteiger partial charge in [-0.2, -0.15) is 0 Å². The standard InChI is InChI=1S/C17H20FN/c1-4-19-13(3)16-10-9-15(18)11-17(16)14-7-5-12(2)6-8-14/h5-11,13,19H,4H2,1-3H3. The fourth-order valence-corrected chi connectivity index (χ4v) is 2.31. The van der Waals surface area contributed by atoms with Crippen molar-refractivity contribution < 1.29 is 4.39 Å². The van der Waals surface area contributed by atoms with Crippen molar-refractivity contribution in [2.24, 2.45) is 0 Å². The van der Waals surface area contributed by atoms with Crippen LogP contribution >= 0.6 is 0 Å². The Kier molecular flexibility index (Phi) is 4.33. The summed E-state index contributed by atoms with van der Waals surface area (Å²) >= 11 is 0. The molecule has 0 spiro atoms. The maximum atomic E-state index is 13.5. The second kappa shape index (κ2) is 5.98. The molecule has 0 fully saturated rings. The van der Waals surface area contributed by atoms with E-state index in [-0.39, 0.29) is 11.9 Å². The summed E-state index contributed by atoms with van der Waals surface area (Å²) in [6.45, 7) is 7.13. The molecule has 2 rings (SSSR count). The first-order valence-corrected chi connectivity index (χ1v) is 6.71. The third-order valence-electron chi connectivity index (χ3n) is 3.35. The summed E-state index contributed by atoms with van der Waals surface area (Å²) in [6.07, 6.45) is 0. The average molecular weight is 257 g/mol. The Morgan fingerprint density at radius 2 is 1.79 bits per heavy atom. The second-order valence-electron chi connectivity index (χ2n) is 4.88. The van der Waals surface area contributed by atoms with Crippen molar-refractivity contribution in [2.75, 3.05) is 6.54 Å². The summed E-state index contributed by atoms with van der Waals surface area (Å²) in [7, 11) is 0. The molecule has 0 aromatic heterocycles. The van der Waals surface area contributed by atoms with E-state index < -0.39 is 0 Å². The van der Waals surface area contributed by atoms with Crippen molar-refractivity contribution in [1.29, 1.82) is 0 Å². The van der Waals surface area contributed by atoms with Crippen LogP contribution in [0.5, 0.6) is 0 Å². The molecule has 0 aliphatic heterocycles. The molecule has 2 aromatic rings. The molecule has 0 saturated heterocycles. The zero-order chi connectivity index (χ0) is 13.8. The normalized spacial score (nSPS) is 12.4. The maximum Gasteiger partial charge on any atom is 0.123 e. The predicted octanol–water partition coefficient (Wildman–Crippen LogP) is 4.47. The highest BCUT2D eigenvalue weighted by Crippen LogP contribution is 2.29. The second-order valence-corrected chi connectivity index (χ2v) is 4.88. The Hall–Kier alpha value is -1.67. The van der Waals surface area contributed by atoms with Crippen molar-refractivity contribution in [3.05, 3.63) is 59.4 Å². The summed E-state index contributed by atoms with van der Waals surface area (Å²) in [5, 5.41) is 3.38. The molecule has 0 bridgehead atoms. The fourth-order valence-electron chi connectivity index (χ4n) is 2.31. The number of nitrogens with one attached hydrogen (secondary N) is 1. The Morgan fingerprint density at radius 3 is 2.42 bits per heavy atom. The van der Waals surface area contributed by atoms with Gasteiger partial charge in [0.05, 0.1) is 0 Å². The highest BCUT2D eigenvalue weighted by atomic mass is 19.1. The molecule has 1 unspecified atom stereocenters. The minimum Gasteiger partial charge on any atom is -0.310 e. The van der Waals surface area contributed by atoms with E-state index in [1.165, 1.54) is 11.6 Å². The Balaban J connectivity index is 2.48. The Labute approximate surface area is 114 Å². The number of benzene rings is 2. The van der Waals surface area contributed by atoms with Crippen LogP contribution in [0.25, 0.3) is 11.1 Å². The lowest BCUT2D eigenvalue weighted by molar-refractivity contribution is 0.593. The maximum absolute atomic E-state index is 13.5. The Bertz CT molecular complexity index is 546. The molecule has 0 saturated carbocycles. The number of halogens is 1. The molecule has 1 N–H and O–H groups in total. The molecule has 0 amide bonds. The number of aryl methyl sites for hydroxylation is 1. The van der Waals surface area contributed by atoms with Gasteiger partial charge in [0, 0.05) is 6.04 Å². The average Bonchev–Trinajstić information content (AvgIpc) is 2.39. The van der Waals surface area contributed by atoms with Gasteiger partial charge in [0.2, 0.25) is 0 Å². The van der Waals surface area contributed by atoms with Crippen molar-refractivity contribution in [3.8, 4) is 11.1 Å². The van der Waals surface area contributed by atoms with Gasteiger partial charge in [0.15, 0.2) is 0 Å². The van der Waals surface area contributed by atoms with Crippen LogP contribution in [0.1, 0.15) is 31.0 Å². The first kappa shape index (κ1) is 13.8. The van der Waals surface area contributed by atoms with Gasteiger partial charge in [-0.05, 0) is 49.2 Å². The van der Waals surface area contributed by atoms with Crippen molar-refractivity contribution in [2.45, 2.75) is 26.8 Å². The summed E-state index contributed by atoms with van der Waals surface area (Å²) in [5.41, 5.74) is 4.37. The molecule has 100 valence electrons. The molecule has 19 heavy (non-hydrogen) atoms. The van der Waals surface area contributed by atoms with Crippen LogP contribution in [-0.4, -0.2) is 6.54 Å². The highest BCUT2D eigenvalue weighted by Gasteiger charge is 2.12. The molecule has 2 heteroatoms. The van der Waals surface area contributed by atoms with Gasteiger partial charge >= 0.3 is 0 Å². The van der Waals surface area contributed by atoms with Gasteiger partial charge < -0.3 is 5.32 Å². The van der Waals surface area contributed by atoms with Gasteiger partial charge in [-0.1, -0.05) is 42.8 Å². The van der Waals surface area contributed by atoms with Crippen molar-refractivity contribution in [3.63, 3.8) is 0 Å². The summed E-state index contributed by atoms with van der Waals surface area (Å²) in [6, 6.07) is 13.4. The first-order valence-electron chi connectivity index (χ1n) is 6.71. The molecular formula is C17H20FN. The lowest BCUT2D eigenvalue weighted by Gasteiger charge is -2.17. The predicted molar refractivity (Wildman–Crippen MR) is 78.7 cm³/mol. The molecule has 0 radical (unpaired) electrons. The number of rotatable bonds is 4. The van der Waals surface area contributed by atoms with E-state index in [9.17, 15) is 4.39 Å². The minimum absolute atomic E-state index is 0.192. The summed E-state index contributed by atoms with van der Waals surface area (Å²) < 4.78 is 13.5. The quantitative estimate of drug-likeness (QED) is 0.852. The fraction of sp³-hybridized carbons (Fsp3) is 0.294. The van der Waals surface area contributed by atoms with Crippen molar-refractivity contribution in [1.82, 2.24) is 5.32 Å². The highest BCUT2D eigenvalue weighted by molar-refractivity contribution is 5.68. The SMILES string of the molecule is CCNC(C)c1ccc(F)cc1-c1ccc(C)cc1. The van der Waals surface area contributed by atoms with E-state index in [0.717, 1.165) is 23.2 Å². The molecular weight excluding hydrogens is 237 g/mol. The lowest BCUT2D eigenvalue weighted by Crippen LogP contribution is -2.18. The van der Waals surface area contributed by atoms with E-state index in [1.807, 2.05) is 18.2 Å². The van der Waals surface area contributed by atoms with Gasteiger partial charge in [0.1, 0.15) is 5.82 Å². The lowest BCUT2D eigenvalue weighted by atomic mass is 9.95. The van der Waals surface area contributed by atoms with Gasteiger partial charge in [-0.25, -0.2) is 4.39 Å². The van der Waals surface area contributed by atoms with Crippen LogP contribution in [0.2, 0.25) is 0 Å². The molecule has 1 atom stereocenters. The van der Waals surface area contributed by atoms with Gasteiger partial charge in [-0.3, -0.25) is 0 Å². The molecule has 1 nitrogen and oxygen atoms in total. The molecule has 0 heterocycles. The first-order chi connectivity index (χ1) is 9.11. The van der Waals surface area contributed by atoms with Gasteiger partial charge in [-0.15, -0.1) is 0 Å². The van der Waals surface area contributed by atoms with Crippen molar-refractivity contribution >= 4 is 0 Å². The topological polar surface area (TPSA) is 12.0 Å². The van der Waals surface area contributed by atoms with E-state index in [2.05, 4.69) is 38.2 Å². The largest absolute Gasteiger partial charge is 0.310 e. The van der Waals surface area contributed by atoms with Crippen LogP contribution in [0.3, 0.4) is 0 Å². The third-order valence-corrected chi connectivity index (χ3v) is 3.35. The molecule has 2 aromatic carbocycles. The zero-order valence-corrected chi connectivity index (χ0v) is 11.7. The van der Waals surface area contributed by atoms with E-state index in [4.69, 9.17) is 0 Å². The Morgan fingerprint density at radius 1 is 1.11 bits per heavy atom. The van der Waals surface area contributed by atoms with Crippen LogP contribution in [0.4, 0.5) is 4.39 Å². The summed E-state index contributed by atoms with van der Waals surface area (Å²) in [5.74, 6) is -0.192. The monoisotopic (exact) mass is 257 g/mol. The van der Waals surface area contributed by atoms with Gasteiger partial charge in [0.25, 0.3) is 0 Å². The molecule has 0 aliphatic rings. The smallest absolute Gasteiger partial charge is 0.123 e. The van der Waals surface area contributed by atoms with Crippen LogP contribution < -0.4 is 5.32 Å². The van der Waals surface area contributed by atoms with E-state index in [0.29, 0.717) is 0 Å². The minimum atomic E-state index is -0.192. The van der Waals surface area contributed by atoms with Crippen LogP contribution in [0, 0.1) is 12.7 Å². The van der Waals surface area contributed by atoms with E-state index >= 15 is 0 Å². The third kappa shape index (κ3) is 3.21.